The van der Waals surface area contributed by atoms with Crippen LogP contribution in [0.1, 0.15) is 61.1 Å². The molecule has 1 aliphatic rings. The second-order valence-corrected chi connectivity index (χ2v) is 15.5. The van der Waals surface area contributed by atoms with Crippen LogP contribution in [-0.4, -0.2) is 11.4 Å². The van der Waals surface area contributed by atoms with Gasteiger partial charge in [0.05, 0.1) is 22.8 Å². The summed E-state index contributed by atoms with van der Waals surface area (Å²) in [6, 6.07) is 35.1. The Labute approximate surface area is 276 Å². The molecule has 6 rings (SSSR count). The van der Waals surface area contributed by atoms with Gasteiger partial charge in [-0.15, -0.1) is 0 Å². The average molecular weight is 739 g/mol. The Hall–Kier alpha value is -2.85. The van der Waals surface area contributed by atoms with Gasteiger partial charge >= 0.3 is 39.3 Å². The summed E-state index contributed by atoms with van der Waals surface area (Å²) in [7, 11) is 1.25. The van der Waals surface area contributed by atoms with Gasteiger partial charge in [-0.05, 0) is 64.5 Å². The van der Waals surface area contributed by atoms with E-state index in [1.165, 1.54) is 66.2 Å². The molecular formula is C38H36Br2N2Ni. The second-order valence-electron chi connectivity index (χ2n) is 10.5. The van der Waals surface area contributed by atoms with Crippen LogP contribution in [0.15, 0.2) is 107 Å². The molecule has 0 N–H and O–H groups in total. The number of benzene rings is 5. The van der Waals surface area contributed by atoms with E-state index in [9.17, 15) is 0 Å². The number of rotatable bonds is 7. The van der Waals surface area contributed by atoms with Gasteiger partial charge in [-0.2, -0.15) is 0 Å². The Morgan fingerprint density at radius 1 is 0.488 bits per heavy atom. The van der Waals surface area contributed by atoms with Crippen molar-refractivity contribution in [1.29, 1.82) is 0 Å². The first kappa shape index (κ1) is 31.6. The molecule has 0 amide bonds. The van der Waals surface area contributed by atoms with Crippen LogP contribution in [0.5, 0.6) is 0 Å². The van der Waals surface area contributed by atoms with Crippen LogP contribution in [0.25, 0.3) is 21.9 Å². The molecule has 0 bridgehead atoms. The standard InChI is InChI=1S/C38H36N2.2BrH.Ni/c1-5-25-17-12-18-26(6-2)35(25)39-37-32-22-14-21-31-30(29-15-10-9-11-16-29)23-24-33(34(31)32)38(37)40-36-27(7-3)19-13-20-28(36)8-4;;;/h9-24H,5-8H2,1-4H3;2*1H;/q;;;+2/p-2. The normalized spacial score (nSPS) is 14.0. The molecule has 0 saturated heterocycles. The average Bonchev–Trinajstić information content (AvgIpc) is 3.35. The number of nitrogens with zero attached hydrogens (tertiary/aromatic N) is 2. The Kier molecular flexibility index (Phi) is 10.8. The Bertz CT molecular complexity index is 1690. The van der Waals surface area contributed by atoms with E-state index in [0.717, 1.165) is 48.5 Å². The predicted octanol–water partition coefficient (Wildman–Crippen LogP) is 11.7. The topological polar surface area (TPSA) is 24.7 Å². The molecule has 5 aromatic carbocycles. The molecule has 5 heteroatoms. The molecule has 1 aliphatic carbocycles. The summed E-state index contributed by atoms with van der Waals surface area (Å²) >= 11 is 6.00. The Balaban J connectivity index is 0.00000118. The van der Waals surface area contributed by atoms with Gasteiger partial charge in [0.1, 0.15) is 0 Å². The summed E-state index contributed by atoms with van der Waals surface area (Å²) in [5.74, 6) is 0. The first-order chi connectivity index (χ1) is 21.1. The molecule has 0 fully saturated rings. The molecule has 0 atom stereocenters. The van der Waals surface area contributed by atoms with E-state index in [1.807, 2.05) is 0 Å². The van der Waals surface area contributed by atoms with Gasteiger partial charge in [0.25, 0.3) is 0 Å². The zero-order valence-corrected chi connectivity index (χ0v) is 29.2. The zero-order valence-electron chi connectivity index (χ0n) is 25.0. The molecule has 2 nitrogen and oxygen atoms in total. The fourth-order valence-electron chi connectivity index (χ4n) is 6.09. The van der Waals surface area contributed by atoms with E-state index in [-0.39, 0.29) is 0 Å². The van der Waals surface area contributed by atoms with Crippen LogP contribution in [-0.2, 0) is 36.6 Å². The van der Waals surface area contributed by atoms with Gasteiger partial charge in [0, 0.05) is 16.5 Å². The number of hydrogen-bond donors (Lipinski definition) is 0. The zero-order chi connectivity index (χ0) is 30.3. The van der Waals surface area contributed by atoms with Crippen LogP contribution in [0.4, 0.5) is 11.4 Å². The van der Waals surface area contributed by atoms with Gasteiger partial charge < -0.3 is 0 Å². The minimum absolute atomic E-state index is 0.945. The molecule has 0 unspecified atom stereocenters. The van der Waals surface area contributed by atoms with Crippen molar-refractivity contribution in [3.05, 3.63) is 130 Å². The summed E-state index contributed by atoms with van der Waals surface area (Å²) in [6.07, 6.45) is 3.78. The molecule has 0 radical (unpaired) electrons. The van der Waals surface area contributed by atoms with Crippen molar-refractivity contribution in [2.75, 3.05) is 0 Å². The fraction of sp³-hybridized carbons (Fsp3) is 0.211. The van der Waals surface area contributed by atoms with E-state index in [4.69, 9.17) is 9.98 Å². The monoisotopic (exact) mass is 736 g/mol. The number of aliphatic imine (C=N–C) groups is 2. The van der Waals surface area contributed by atoms with Gasteiger partial charge in [-0.1, -0.05) is 125 Å². The van der Waals surface area contributed by atoms with Crippen molar-refractivity contribution >= 4 is 62.0 Å². The van der Waals surface area contributed by atoms with Gasteiger partial charge in [-0.3, -0.25) is 0 Å². The van der Waals surface area contributed by atoms with Crippen molar-refractivity contribution in [2.45, 2.75) is 53.4 Å². The van der Waals surface area contributed by atoms with Crippen molar-refractivity contribution in [1.82, 2.24) is 0 Å². The minimum atomic E-state index is 0.945. The second kappa shape index (κ2) is 14.8. The van der Waals surface area contributed by atoms with Gasteiger partial charge in [-0.25, -0.2) is 9.98 Å². The Morgan fingerprint density at radius 2 is 0.907 bits per heavy atom. The third-order valence-electron chi connectivity index (χ3n) is 8.24. The van der Waals surface area contributed by atoms with E-state index >= 15 is 0 Å². The van der Waals surface area contributed by atoms with Crippen LogP contribution in [0.3, 0.4) is 0 Å². The predicted molar refractivity (Wildman–Crippen MR) is 190 cm³/mol. The van der Waals surface area contributed by atoms with Crippen LogP contribution in [0, 0.1) is 0 Å². The number of aryl methyl sites for hydroxylation is 4. The quantitative estimate of drug-likeness (QED) is 0.149. The number of hydrogen-bond acceptors (Lipinski definition) is 2. The molecule has 0 aromatic heterocycles. The van der Waals surface area contributed by atoms with Crippen molar-refractivity contribution in [2.24, 2.45) is 9.98 Å². The first-order valence-corrected chi connectivity index (χ1v) is 19.8. The third kappa shape index (κ3) is 6.36. The van der Waals surface area contributed by atoms with Crippen molar-refractivity contribution in [3.63, 3.8) is 0 Å². The molecule has 0 spiro atoms. The van der Waals surface area contributed by atoms with Crippen molar-refractivity contribution in [3.8, 4) is 11.1 Å². The first-order valence-electron chi connectivity index (χ1n) is 14.9. The molecule has 0 aliphatic heterocycles. The van der Waals surface area contributed by atoms with Crippen LogP contribution >= 0.6 is 28.5 Å². The van der Waals surface area contributed by atoms with E-state index in [0.29, 0.717) is 0 Å². The van der Waals surface area contributed by atoms with Crippen LogP contribution < -0.4 is 0 Å². The van der Waals surface area contributed by atoms with Gasteiger partial charge in [0.2, 0.25) is 0 Å². The van der Waals surface area contributed by atoms with Gasteiger partial charge in [0.15, 0.2) is 0 Å². The molecule has 43 heavy (non-hydrogen) atoms. The van der Waals surface area contributed by atoms with E-state index in [1.54, 1.807) is 0 Å². The summed E-state index contributed by atoms with van der Waals surface area (Å²) in [5, 5.41) is 2.50. The maximum absolute atomic E-state index is 5.52. The summed E-state index contributed by atoms with van der Waals surface area (Å²) in [4.78, 5) is 11.0. The van der Waals surface area contributed by atoms with Crippen LogP contribution in [0.2, 0.25) is 0 Å². The summed E-state index contributed by atoms with van der Waals surface area (Å²) in [5.41, 5.74) is 14.1. The number of halogens is 2. The SMILES string of the molecule is CCc1cccc(CC)c1N=C1C(=Nc2c(CC)cccc2CC)c2ccc(-c3ccccc3)c3cccc1c23.[Br][Ni][Br]. The fourth-order valence-corrected chi connectivity index (χ4v) is 6.09. The summed E-state index contributed by atoms with van der Waals surface area (Å²) in [6.45, 7) is 8.87. The summed E-state index contributed by atoms with van der Waals surface area (Å²) < 4.78 is 0. The molecule has 0 heterocycles. The van der Waals surface area contributed by atoms with Crippen molar-refractivity contribution < 1.29 is 10.9 Å². The van der Waals surface area contributed by atoms with E-state index < -0.39 is 0 Å². The molecule has 5 aromatic rings. The molecule has 0 saturated carbocycles. The Morgan fingerprint density at radius 3 is 1.37 bits per heavy atom. The van der Waals surface area contributed by atoms with E-state index in [2.05, 4.69) is 153 Å². The maximum atomic E-state index is 5.52. The molecule has 222 valence electrons. The molecular weight excluding hydrogens is 703 g/mol. The number of para-hydroxylation sites is 2. The third-order valence-corrected chi connectivity index (χ3v) is 8.24.